The van der Waals surface area contributed by atoms with E-state index in [1.165, 1.54) is 5.56 Å². The molecule has 56 valence electrons. The van der Waals surface area contributed by atoms with E-state index in [0.29, 0.717) is 0 Å². The Morgan fingerprint density at radius 3 is 3.00 bits per heavy atom. The molecule has 11 heavy (non-hydrogen) atoms. The maximum absolute atomic E-state index is 5.36. The largest absolute Gasteiger partial charge is 0.489 e. The standard InChI is InChI=1S/C9H8OS/c1-2-5-10-9(3-1)8-4-6-11-7-8/h1-7,9H. The van der Waals surface area contributed by atoms with Crippen LogP contribution in [0.15, 0.2) is 41.3 Å². The second-order valence-electron chi connectivity index (χ2n) is 2.33. The summed E-state index contributed by atoms with van der Waals surface area (Å²) in [6.07, 6.45) is 7.80. The van der Waals surface area contributed by atoms with Crippen molar-refractivity contribution in [1.29, 1.82) is 0 Å². The molecule has 1 nitrogen and oxygen atoms in total. The molecule has 1 aromatic rings. The molecule has 1 aliphatic rings. The van der Waals surface area contributed by atoms with E-state index in [-0.39, 0.29) is 6.10 Å². The van der Waals surface area contributed by atoms with Gasteiger partial charge in [-0.25, -0.2) is 0 Å². The molecule has 2 rings (SSSR count). The average Bonchev–Trinajstić information content (AvgIpc) is 2.58. The third kappa shape index (κ3) is 1.35. The van der Waals surface area contributed by atoms with Gasteiger partial charge in [0.15, 0.2) is 0 Å². The Balaban J connectivity index is 2.19. The molecule has 2 heteroatoms. The van der Waals surface area contributed by atoms with Gasteiger partial charge in [0.2, 0.25) is 0 Å². The minimum absolute atomic E-state index is 0.131. The van der Waals surface area contributed by atoms with Gasteiger partial charge < -0.3 is 4.74 Å². The summed E-state index contributed by atoms with van der Waals surface area (Å²) in [5, 5.41) is 4.17. The molecule has 1 atom stereocenters. The molecule has 2 heterocycles. The molecule has 0 aromatic carbocycles. The van der Waals surface area contributed by atoms with Gasteiger partial charge >= 0.3 is 0 Å². The second-order valence-corrected chi connectivity index (χ2v) is 3.11. The van der Waals surface area contributed by atoms with E-state index < -0.39 is 0 Å². The fourth-order valence-corrected chi connectivity index (χ4v) is 1.70. The zero-order valence-corrected chi connectivity index (χ0v) is 6.75. The number of thiophene rings is 1. The van der Waals surface area contributed by atoms with Gasteiger partial charge in [-0.2, -0.15) is 11.3 Å². The predicted octanol–water partition coefficient (Wildman–Crippen LogP) is 2.89. The molecule has 0 spiro atoms. The van der Waals surface area contributed by atoms with E-state index in [4.69, 9.17) is 4.74 Å². The first kappa shape index (κ1) is 6.68. The number of hydrogen-bond acceptors (Lipinski definition) is 2. The maximum Gasteiger partial charge on any atom is 0.142 e. The van der Waals surface area contributed by atoms with Gasteiger partial charge in [-0.15, -0.1) is 0 Å². The summed E-state index contributed by atoms with van der Waals surface area (Å²) >= 11 is 1.70. The molecule has 1 aliphatic heterocycles. The van der Waals surface area contributed by atoms with Crippen molar-refractivity contribution in [2.24, 2.45) is 0 Å². The smallest absolute Gasteiger partial charge is 0.142 e. The van der Waals surface area contributed by atoms with Crippen LogP contribution in [0, 0.1) is 0 Å². The Bertz CT molecular complexity index is 272. The first-order valence-electron chi connectivity index (χ1n) is 3.48. The normalized spacial score (nSPS) is 21.6. The van der Waals surface area contributed by atoms with Gasteiger partial charge in [0.25, 0.3) is 0 Å². The molecule has 1 unspecified atom stereocenters. The zero-order chi connectivity index (χ0) is 7.52. The molecule has 0 amide bonds. The van der Waals surface area contributed by atoms with Gasteiger partial charge in [-0.05, 0) is 29.0 Å². The molecule has 0 saturated carbocycles. The molecular formula is C9H8OS. The lowest BCUT2D eigenvalue weighted by molar-refractivity contribution is 0.187. The topological polar surface area (TPSA) is 9.23 Å². The fourth-order valence-electron chi connectivity index (χ4n) is 1.01. The van der Waals surface area contributed by atoms with Crippen molar-refractivity contribution < 1.29 is 4.74 Å². The van der Waals surface area contributed by atoms with E-state index in [1.54, 1.807) is 17.6 Å². The molecule has 0 fully saturated rings. The number of allylic oxidation sites excluding steroid dienone is 2. The van der Waals surface area contributed by atoms with E-state index in [2.05, 4.69) is 16.8 Å². The van der Waals surface area contributed by atoms with E-state index in [1.807, 2.05) is 18.2 Å². The van der Waals surface area contributed by atoms with Crippen molar-refractivity contribution in [3.63, 3.8) is 0 Å². The summed E-state index contributed by atoms with van der Waals surface area (Å²) in [6, 6.07) is 2.08. The highest BCUT2D eigenvalue weighted by Gasteiger charge is 2.08. The lowest BCUT2D eigenvalue weighted by Gasteiger charge is -2.12. The number of ether oxygens (including phenoxy) is 1. The van der Waals surface area contributed by atoms with Crippen molar-refractivity contribution in [2.45, 2.75) is 6.10 Å². The minimum Gasteiger partial charge on any atom is -0.489 e. The summed E-state index contributed by atoms with van der Waals surface area (Å²) in [5.74, 6) is 0. The van der Waals surface area contributed by atoms with E-state index in [9.17, 15) is 0 Å². The van der Waals surface area contributed by atoms with Crippen LogP contribution in [-0.4, -0.2) is 0 Å². The van der Waals surface area contributed by atoms with Gasteiger partial charge in [0.05, 0.1) is 6.26 Å². The highest BCUT2D eigenvalue weighted by molar-refractivity contribution is 7.07. The van der Waals surface area contributed by atoms with Crippen molar-refractivity contribution in [3.05, 3.63) is 46.9 Å². The van der Waals surface area contributed by atoms with Crippen LogP contribution in [-0.2, 0) is 4.74 Å². The van der Waals surface area contributed by atoms with E-state index >= 15 is 0 Å². The third-order valence-electron chi connectivity index (χ3n) is 1.57. The van der Waals surface area contributed by atoms with Crippen LogP contribution < -0.4 is 0 Å². The van der Waals surface area contributed by atoms with Gasteiger partial charge in [0, 0.05) is 5.56 Å². The summed E-state index contributed by atoms with van der Waals surface area (Å²) in [4.78, 5) is 0. The van der Waals surface area contributed by atoms with Crippen molar-refractivity contribution >= 4 is 11.3 Å². The van der Waals surface area contributed by atoms with Crippen LogP contribution in [0.1, 0.15) is 11.7 Å². The molecule has 0 saturated heterocycles. The van der Waals surface area contributed by atoms with Crippen molar-refractivity contribution in [3.8, 4) is 0 Å². The zero-order valence-electron chi connectivity index (χ0n) is 5.94. The van der Waals surface area contributed by atoms with Gasteiger partial charge in [-0.3, -0.25) is 0 Å². The first-order chi connectivity index (χ1) is 5.47. The van der Waals surface area contributed by atoms with E-state index in [0.717, 1.165) is 0 Å². The Kier molecular flexibility index (Phi) is 1.78. The molecule has 0 aliphatic carbocycles. The SMILES string of the molecule is C1=COC(c2ccsc2)C=C1. The molecular weight excluding hydrogens is 156 g/mol. The molecule has 0 bridgehead atoms. The Hall–Kier alpha value is -1.02. The first-order valence-corrected chi connectivity index (χ1v) is 4.42. The third-order valence-corrected chi connectivity index (χ3v) is 2.27. The van der Waals surface area contributed by atoms with Crippen LogP contribution in [0.5, 0.6) is 0 Å². The van der Waals surface area contributed by atoms with Crippen molar-refractivity contribution in [1.82, 2.24) is 0 Å². The Labute approximate surface area is 69.6 Å². The highest BCUT2D eigenvalue weighted by atomic mass is 32.1. The summed E-state index contributed by atoms with van der Waals surface area (Å²) in [7, 11) is 0. The lowest BCUT2D eigenvalue weighted by Crippen LogP contribution is -1.96. The van der Waals surface area contributed by atoms with Crippen LogP contribution in [0.2, 0.25) is 0 Å². The lowest BCUT2D eigenvalue weighted by atomic mass is 10.2. The molecule has 0 N–H and O–H groups in total. The average molecular weight is 164 g/mol. The summed E-state index contributed by atoms with van der Waals surface area (Å²) < 4.78 is 5.36. The fraction of sp³-hybridized carbons (Fsp3) is 0.111. The summed E-state index contributed by atoms with van der Waals surface area (Å²) in [5.41, 5.74) is 1.23. The number of rotatable bonds is 1. The molecule has 0 radical (unpaired) electrons. The van der Waals surface area contributed by atoms with Crippen LogP contribution in [0.4, 0.5) is 0 Å². The monoisotopic (exact) mass is 164 g/mol. The second kappa shape index (κ2) is 2.93. The van der Waals surface area contributed by atoms with Gasteiger partial charge in [-0.1, -0.05) is 6.08 Å². The van der Waals surface area contributed by atoms with Gasteiger partial charge in [0.1, 0.15) is 6.10 Å². The summed E-state index contributed by atoms with van der Waals surface area (Å²) in [6.45, 7) is 0. The van der Waals surface area contributed by atoms with Crippen LogP contribution >= 0.6 is 11.3 Å². The predicted molar refractivity (Wildman–Crippen MR) is 46.4 cm³/mol. The maximum atomic E-state index is 5.36. The minimum atomic E-state index is 0.131. The van der Waals surface area contributed by atoms with Crippen LogP contribution in [0.25, 0.3) is 0 Å². The highest BCUT2D eigenvalue weighted by Crippen LogP contribution is 2.23. The quantitative estimate of drug-likeness (QED) is 0.620. The molecule has 1 aromatic heterocycles. The Morgan fingerprint density at radius 1 is 1.36 bits per heavy atom. The van der Waals surface area contributed by atoms with Crippen LogP contribution in [0.3, 0.4) is 0 Å². The van der Waals surface area contributed by atoms with Crippen molar-refractivity contribution in [2.75, 3.05) is 0 Å². The number of hydrogen-bond donors (Lipinski definition) is 0. The Morgan fingerprint density at radius 2 is 2.36 bits per heavy atom.